The van der Waals surface area contributed by atoms with Crippen LogP contribution in [0.5, 0.6) is 5.75 Å². The summed E-state index contributed by atoms with van der Waals surface area (Å²) in [6.45, 7) is 2.08. The van der Waals surface area contributed by atoms with Gasteiger partial charge in [-0.05, 0) is 31.9 Å². The average Bonchev–Trinajstić information content (AvgIpc) is 2.48. The Bertz CT molecular complexity index is 467. The Morgan fingerprint density at radius 2 is 2.00 bits per heavy atom. The topological polar surface area (TPSA) is 60.8 Å². The van der Waals surface area contributed by atoms with Gasteiger partial charge in [0.15, 0.2) is 0 Å². The van der Waals surface area contributed by atoms with Gasteiger partial charge in [-0.2, -0.15) is 0 Å². The van der Waals surface area contributed by atoms with Crippen LogP contribution in [0.2, 0.25) is 0 Å². The molecule has 0 aliphatic heterocycles. The van der Waals surface area contributed by atoms with Crippen LogP contribution < -0.4 is 0 Å². The molecule has 0 bridgehead atoms. The molecule has 1 aromatic carbocycles. The molecule has 0 atom stereocenters. The smallest absolute Gasteiger partial charge is 0.254 e. The van der Waals surface area contributed by atoms with Crippen molar-refractivity contribution in [3.05, 3.63) is 29.3 Å². The van der Waals surface area contributed by atoms with Crippen molar-refractivity contribution in [3.63, 3.8) is 0 Å². The van der Waals surface area contributed by atoms with E-state index < -0.39 is 0 Å². The highest BCUT2D eigenvalue weighted by molar-refractivity contribution is 5.96. The highest BCUT2D eigenvalue weighted by Crippen LogP contribution is 2.26. The highest BCUT2D eigenvalue weighted by atomic mass is 16.3. The number of rotatable bonds is 4. The number of hydrogen-bond donors (Lipinski definition) is 2. The molecule has 0 radical (unpaired) electrons. The number of carbonyl (C=O) groups is 1. The first-order valence-corrected chi connectivity index (χ1v) is 7.35. The van der Waals surface area contributed by atoms with Crippen LogP contribution in [0.3, 0.4) is 0 Å². The van der Waals surface area contributed by atoms with E-state index in [0.29, 0.717) is 17.7 Å². The number of aliphatic hydroxyl groups is 1. The van der Waals surface area contributed by atoms with Crippen LogP contribution in [-0.2, 0) is 0 Å². The Hall–Kier alpha value is -1.55. The lowest BCUT2D eigenvalue weighted by Gasteiger charge is -2.34. The molecule has 4 nitrogen and oxygen atoms in total. The van der Waals surface area contributed by atoms with Gasteiger partial charge < -0.3 is 15.1 Å². The molecule has 1 aliphatic carbocycles. The molecule has 0 heterocycles. The summed E-state index contributed by atoms with van der Waals surface area (Å²) in [5.41, 5.74) is 1.14. The number of hydrogen-bond acceptors (Lipinski definition) is 3. The third kappa shape index (κ3) is 3.12. The summed E-state index contributed by atoms with van der Waals surface area (Å²) in [5, 5.41) is 19.0. The number of carbonyl (C=O) groups excluding carboxylic acids is 1. The van der Waals surface area contributed by atoms with Gasteiger partial charge in [0, 0.05) is 23.7 Å². The summed E-state index contributed by atoms with van der Waals surface area (Å²) in [6, 6.07) is 5.23. The maximum Gasteiger partial charge on any atom is 0.254 e. The Labute approximate surface area is 120 Å². The van der Waals surface area contributed by atoms with E-state index in [1.807, 2.05) is 0 Å². The zero-order valence-corrected chi connectivity index (χ0v) is 12.0. The van der Waals surface area contributed by atoms with E-state index in [-0.39, 0.29) is 24.3 Å². The molecule has 0 unspecified atom stereocenters. The van der Waals surface area contributed by atoms with E-state index in [2.05, 4.69) is 0 Å². The van der Waals surface area contributed by atoms with Crippen LogP contribution in [0.4, 0.5) is 0 Å². The predicted octanol–water partition coefficient (Wildman–Crippen LogP) is 2.47. The van der Waals surface area contributed by atoms with Gasteiger partial charge in [0.2, 0.25) is 0 Å². The van der Waals surface area contributed by atoms with Gasteiger partial charge in [0.1, 0.15) is 5.75 Å². The van der Waals surface area contributed by atoms with Crippen molar-refractivity contribution in [1.82, 2.24) is 4.90 Å². The third-order valence-corrected chi connectivity index (χ3v) is 4.15. The molecule has 0 saturated heterocycles. The van der Waals surface area contributed by atoms with Crippen molar-refractivity contribution in [1.29, 1.82) is 0 Å². The number of benzene rings is 1. The number of phenolic OH excluding ortho intramolecular Hbond substituents is 1. The predicted molar refractivity (Wildman–Crippen MR) is 77.8 cm³/mol. The fraction of sp³-hybridized carbons (Fsp3) is 0.562. The first-order valence-electron chi connectivity index (χ1n) is 7.35. The summed E-state index contributed by atoms with van der Waals surface area (Å²) in [4.78, 5) is 14.5. The van der Waals surface area contributed by atoms with Crippen LogP contribution >= 0.6 is 0 Å². The van der Waals surface area contributed by atoms with Crippen LogP contribution in [0.1, 0.15) is 48.0 Å². The molecule has 2 rings (SSSR count). The molecule has 0 aromatic heterocycles. The van der Waals surface area contributed by atoms with Crippen molar-refractivity contribution >= 4 is 5.91 Å². The molecule has 1 saturated carbocycles. The van der Waals surface area contributed by atoms with Crippen LogP contribution in [-0.4, -0.2) is 40.2 Å². The van der Waals surface area contributed by atoms with Crippen molar-refractivity contribution in [3.8, 4) is 5.75 Å². The standard InChI is InChI=1S/C16H23NO3/c1-12-14(8-5-9-15(12)19)16(20)17(10-11-18)13-6-3-2-4-7-13/h5,8-9,13,18-19H,2-4,6-7,10-11H2,1H3. The lowest BCUT2D eigenvalue weighted by molar-refractivity contribution is 0.0584. The normalized spacial score (nSPS) is 16.1. The summed E-state index contributed by atoms with van der Waals surface area (Å²) in [6.07, 6.45) is 5.51. The lowest BCUT2D eigenvalue weighted by atomic mass is 9.93. The van der Waals surface area contributed by atoms with E-state index >= 15 is 0 Å². The third-order valence-electron chi connectivity index (χ3n) is 4.15. The molecule has 1 aromatic rings. The molecule has 1 aliphatic rings. The zero-order valence-electron chi connectivity index (χ0n) is 12.0. The maximum absolute atomic E-state index is 12.7. The molecule has 0 spiro atoms. The fourth-order valence-electron chi connectivity index (χ4n) is 2.96. The van der Waals surface area contributed by atoms with Crippen molar-refractivity contribution in [2.45, 2.75) is 45.1 Å². The number of nitrogens with zero attached hydrogens (tertiary/aromatic N) is 1. The quantitative estimate of drug-likeness (QED) is 0.888. The molecule has 1 amide bonds. The van der Waals surface area contributed by atoms with Gasteiger partial charge in [0.25, 0.3) is 5.91 Å². The average molecular weight is 277 g/mol. The summed E-state index contributed by atoms with van der Waals surface area (Å²) < 4.78 is 0. The summed E-state index contributed by atoms with van der Waals surface area (Å²) in [7, 11) is 0. The van der Waals surface area contributed by atoms with Gasteiger partial charge in [-0.15, -0.1) is 0 Å². The molecular formula is C16H23NO3. The molecule has 2 N–H and O–H groups in total. The minimum atomic E-state index is -0.0839. The Balaban J connectivity index is 2.23. The van der Waals surface area contributed by atoms with Crippen LogP contribution in [0.25, 0.3) is 0 Å². The Kier molecular flexibility index (Phi) is 5.01. The fourth-order valence-corrected chi connectivity index (χ4v) is 2.96. The summed E-state index contributed by atoms with van der Waals surface area (Å²) >= 11 is 0. The van der Waals surface area contributed by atoms with E-state index in [1.54, 1.807) is 30.0 Å². The second-order valence-electron chi connectivity index (χ2n) is 5.46. The second kappa shape index (κ2) is 6.75. The maximum atomic E-state index is 12.7. The number of amides is 1. The van der Waals surface area contributed by atoms with Crippen molar-refractivity contribution < 1.29 is 15.0 Å². The van der Waals surface area contributed by atoms with Crippen LogP contribution in [0, 0.1) is 6.92 Å². The minimum Gasteiger partial charge on any atom is -0.508 e. The minimum absolute atomic E-state index is 0.0277. The van der Waals surface area contributed by atoms with Crippen molar-refractivity contribution in [2.24, 2.45) is 0 Å². The van der Waals surface area contributed by atoms with Gasteiger partial charge in [-0.3, -0.25) is 4.79 Å². The van der Waals surface area contributed by atoms with Crippen molar-refractivity contribution in [2.75, 3.05) is 13.2 Å². The molecular weight excluding hydrogens is 254 g/mol. The van der Waals surface area contributed by atoms with Crippen LogP contribution in [0.15, 0.2) is 18.2 Å². The first-order chi connectivity index (χ1) is 9.65. The zero-order chi connectivity index (χ0) is 14.5. The largest absolute Gasteiger partial charge is 0.508 e. The van der Waals surface area contributed by atoms with E-state index in [9.17, 15) is 15.0 Å². The van der Waals surface area contributed by atoms with E-state index in [0.717, 1.165) is 25.7 Å². The van der Waals surface area contributed by atoms with Gasteiger partial charge in [-0.25, -0.2) is 0 Å². The number of aromatic hydroxyl groups is 1. The molecule has 20 heavy (non-hydrogen) atoms. The lowest BCUT2D eigenvalue weighted by Crippen LogP contribution is -2.43. The number of phenols is 1. The molecule has 110 valence electrons. The summed E-state index contributed by atoms with van der Waals surface area (Å²) in [5.74, 6) is 0.0581. The molecule has 1 fully saturated rings. The van der Waals surface area contributed by atoms with E-state index in [1.165, 1.54) is 6.42 Å². The highest BCUT2D eigenvalue weighted by Gasteiger charge is 2.27. The SMILES string of the molecule is Cc1c(O)cccc1C(=O)N(CCO)C1CCCCC1. The molecule has 4 heteroatoms. The Morgan fingerprint density at radius 1 is 1.30 bits per heavy atom. The number of aliphatic hydroxyl groups excluding tert-OH is 1. The second-order valence-corrected chi connectivity index (χ2v) is 5.46. The van der Waals surface area contributed by atoms with Gasteiger partial charge >= 0.3 is 0 Å². The van der Waals surface area contributed by atoms with Gasteiger partial charge in [-0.1, -0.05) is 25.3 Å². The Morgan fingerprint density at radius 3 is 2.65 bits per heavy atom. The first kappa shape index (κ1) is 14.9. The van der Waals surface area contributed by atoms with E-state index in [4.69, 9.17) is 0 Å². The monoisotopic (exact) mass is 277 g/mol. The van der Waals surface area contributed by atoms with Gasteiger partial charge in [0.05, 0.1) is 6.61 Å².